The number of anilines is 2. The topological polar surface area (TPSA) is 112 Å². The molecule has 0 aliphatic heterocycles. The molecule has 4 rings (SSSR count). The highest BCUT2D eigenvalue weighted by molar-refractivity contribution is 6.11. The van der Waals surface area contributed by atoms with Crippen LogP contribution in [-0.4, -0.2) is 39.4 Å². The van der Waals surface area contributed by atoms with Gasteiger partial charge < -0.3 is 10.4 Å². The number of carboxylic acids is 1. The molecule has 2 aromatic heterocycles. The molecule has 0 aliphatic carbocycles. The number of nitrogens with zero attached hydrogens (tertiary/aromatic N) is 3. The maximum atomic E-state index is 15.4. The fraction of sp³-hybridized carbons (Fsp3) is 0.306. The number of carbonyl (C=O) groups is 3. The van der Waals surface area contributed by atoms with Crippen molar-refractivity contribution in [3.8, 4) is 11.1 Å². The molecule has 51 heavy (non-hydrogen) atoms. The largest absolute Gasteiger partial charge is 0.480 e. The van der Waals surface area contributed by atoms with E-state index in [2.05, 4.69) is 9.97 Å². The number of halogens is 7. The average Bonchev–Trinajstić information content (AvgIpc) is 3.01. The summed E-state index contributed by atoms with van der Waals surface area (Å²) in [7, 11) is 0. The molecule has 8 nitrogen and oxygen atoms in total. The van der Waals surface area contributed by atoms with E-state index in [4.69, 9.17) is 0 Å². The van der Waals surface area contributed by atoms with E-state index >= 15 is 4.39 Å². The number of pyridine rings is 2. The molecular formula is C36H33F7N4O4. The molecule has 0 bridgehead atoms. The zero-order valence-corrected chi connectivity index (χ0v) is 28.2. The van der Waals surface area contributed by atoms with Crippen molar-refractivity contribution in [3.05, 3.63) is 106 Å². The van der Waals surface area contributed by atoms with E-state index in [1.54, 1.807) is 12.1 Å². The van der Waals surface area contributed by atoms with Crippen LogP contribution in [0.4, 0.5) is 42.1 Å². The van der Waals surface area contributed by atoms with Crippen LogP contribution < -0.4 is 10.2 Å². The molecule has 0 saturated heterocycles. The predicted molar refractivity (Wildman–Crippen MR) is 175 cm³/mol. The van der Waals surface area contributed by atoms with E-state index in [9.17, 15) is 45.8 Å². The minimum atomic E-state index is -5.17. The van der Waals surface area contributed by atoms with Gasteiger partial charge in [-0.2, -0.15) is 30.7 Å². The fourth-order valence-electron chi connectivity index (χ4n) is 5.15. The number of amides is 2. The van der Waals surface area contributed by atoms with Crippen LogP contribution in [0.2, 0.25) is 0 Å². The van der Waals surface area contributed by atoms with Gasteiger partial charge in [0.15, 0.2) is 0 Å². The third-order valence-electron chi connectivity index (χ3n) is 7.69. The van der Waals surface area contributed by atoms with Gasteiger partial charge in [-0.05, 0) is 70.5 Å². The Morgan fingerprint density at radius 2 is 1.33 bits per heavy atom. The van der Waals surface area contributed by atoms with Gasteiger partial charge >= 0.3 is 18.3 Å². The molecule has 4 aromatic rings. The molecule has 0 saturated carbocycles. The van der Waals surface area contributed by atoms with E-state index < -0.39 is 81.7 Å². The Kier molecular flexibility index (Phi) is 10.4. The standard InChI is InChI=1S/C36H33F7N4O4/c1-33(2,3)19-16-24(23-9-8-12-44-30(23)37)29(25(17-19)34(4,5)6)47(18-28(48)49)32(51)27-11-7-10-26(46-27)31(50)45-22-14-20(35(38,39)40)13-21(15-22)36(41,42)43/h7-17H,18H2,1-6H3,(H,45,50)(H,48,49). The second-order valence-corrected chi connectivity index (χ2v) is 13.7. The summed E-state index contributed by atoms with van der Waals surface area (Å²) in [5.74, 6) is -4.66. The predicted octanol–water partition coefficient (Wildman–Crippen LogP) is 8.90. The maximum absolute atomic E-state index is 15.4. The van der Waals surface area contributed by atoms with Gasteiger partial charge in [-0.15, -0.1) is 0 Å². The van der Waals surface area contributed by atoms with E-state index in [0.717, 1.165) is 22.6 Å². The molecular weight excluding hydrogens is 685 g/mol. The first-order valence-corrected chi connectivity index (χ1v) is 15.3. The third kappa shape index (κ3) is 8.88. The molecule has 0 fully saturated rings. The highest BCUT2D eigenvalue weighted by Gasteiger charge is 2.38. The number of nitrogens with one attached hydrogen (secondary N) is 1. The van der Waals surface area contributed by atoms with Crippen molar-refractivity contribution in [2.75, 3.05) is 16.8 Å². The van der Waals surface area contributed by atoms with Crippen LogP contribution in [0.1, 0.15) is 84.8 Å². The van der Waals surface area contributed by atoms with Crippen LogP contribution in [0.3, 0.4) is 0 Å². The van der Waals surface area contributed by atoms with E-state index in [1.807, 2.05) is 46.9 Å². The Balaban J connectivity index is 1.88. The number of hydrogen-bond donors (Lipinski definition) is 2. The van der Waals surface area contributed by atoms with E-state index in [0.29, 0.717) is 17.7 Å². The van der Waals surface area contributed by atoms with Gasteiger partial charge in [0.05, 0.1) is 16.8 Å². The Bertz CT molecular complexity index is 1960. The van der Waals surface area contributed by atoms with Crippen molar-refractivity contribution < 1.29 is 50.2 Å². The monoisotopic (exact) mass is 718 g/mol. The normalized spacial score (nSPS) is 12.4. The second-order valence-electron chi connectivity index (χ2n) is 13.7. The molecule has 0 atom stereocenters. The summed E-state index contributed by atoms with van der Waals surface area (Å²) in [4.78, 5) is 48.3. The van der Waals surface area contributed by atoms with E-state index in [-0.39, 0.29) is 22.9 Å². The summed E-state index contributed by atoms with van der Waals surface area (Å²) in [5, 5.41) is 11.9. The molecule has 2 heterocycles. The lowest BCUT2D eigenvalue weighted by Gasteiger charge is -2.34. The number of aromatic nitrogens is 2. The summed E-state index contributed by atoms with van der Waals surface area (Å²) in [5.41, 5.74) is -5.18. The molecule has 2 amide bonds. The Morgan fingerprint density at radius 3 is 1.84 bits per heavy atom. The molecule has 2 N–H and O–H groups in total. The van der Waals surface area contributed by atoms with Crippen LogP contribution in [-0.2, 0) is 28.0 Å². The minimum Gasteiger partial charge on any atom is -0.480 e. The number of carboxylic acid groups (broad SMARTS) is 1. The Hall–Kier alpha value is -5.34. The summed E-state index contributed by atoms with van der Waals surface area (Å²) in [6.07, 6.45) is -9.12. The number of benzene rings is 2. The molecule has 0 aliphatic rings. The number of hydrogen-bond acceptors (Lipinski definition) is 5. The van der Waals surface area contributed by atoms with Crippen LogP contribution in [0.5, 0.6) is 0 Å². The van der Waals surface area contributed by atoms with Crippen molar-refractivity contribution in [3.63, 3.8) is 0 Å². The molecule has 270 valence electrons. The molecule has 15 heteroatoms. The summed E-state index contributed by atoms with van der Waals surface area (Å²) < 4.78 is 95.7. The second kappa shape index (κ2) is 13.8. The fourth-order valence-corrected chi connectivity index (χ4v) is 5.15. The molecule has 2 aromatic carbocycles. The van der Waals surface area contributed by atoms with Gasteiger partial charge in [0.1, 0.15) is 17.9 Å². The number of rotatable bonds is 7. The highest BCUT2D eigenvalue weighted by atomic mass is 19.4. The van der Waals surface area contributed by atoms with Gasteiger partial charge in [0, 0.05) is 23.0 Å². The molecule has 0 radical (unpaired) electrons. The van der Waals surface area contributed by atoms with Crippen molar-refractivity contribution in [2.24, 2.45) is 0 Å². The quantitative estimate of drug-likeness (QED) is 0.146. The van der Waals surface area contributed by atoms with Crippen molar-refractivity contribution in [2.45, 2.75) is 64.7 Å². The van der Waals surface area contributed by atoms with Gasteiger partial charge in [0.2, 0.25) is 5.95 Å². The van der Waals surface area contributed by atoms with Gasteiger partial charge in [-0.3, -0.25) is 19.3 Å². The first-order chi connectivity index (χ1) is 23.4. The third-order valence-corrected chi connectivity index (χ3v) is 7.69. The van der Waals surface area contributed by atoms with Crippen molar-refractivity contribution >= 4 is 29.2 Å². The Morgan fingerprint density at radius 1 is 0.745 bits per heavy atom. The maximum Gasteiger partial charge on any atom is 0.416 e. The summed E-state index contributed by atoms with van der Waals surface area (Å²) in [6, 6.07) is 10.2. The van der Waals surface area contributed by atoms with Crippen molar-refractivity contribution in [1.29, 1.82) is 0 Å². The first kappa shape index (κ1) is 38.5. The van der Waals surface area contributed by atoms with E-state index in [1.165, 1.54) is 24.4 Å². The van der Waals surface area contributed by atoms with Crippen LogP contribution in [0.15, 0.2) is 66.9 Å². The van der Waals surface area contributed by atoms with Crippen molar-refractivity contribution in [1.82, 2.24) is 9.97 Å². The van der Waals surface area contributed by atoms with Crippen LogP contribution in [0.25, 0.3) is 11.1 Å². The molecule has 0 spiro atoms. The highest BCUT2D eigenvalue weighted by Crippen LogP contribution is 2.44. The van der Waals surface area contributed by atoms with Crippen LogP contribution in [0, 0.1) is 5.95 Å². The Labute approximate surface area is 288 Å². The number of carbonyl (C=O) groups excluding carboxylic acids is 2. The average molecular weight is 719 g/mol. The lowest BCUT2D eigenvalue weighted by atomic mass is 9.77. The molecule has 0 unspecified atom stereocenters. The minimum absolute atomic E-state index is 0.0232. The lowest BCUT2D eigenvalue weighted by Crippen LogP contribution is -2.38. The van der Waals surface area contributed by atoms with Gasteiger partial charge in [0.25, 0.3) is 11.8 Å². The zero-order chi connectivity index (χ0) is 38.3. The zero-order valence-electron chi connectivity index (χ0n) is 28.2. The van der Waals surface area contributed by atoms with Crippen LogP contribution >= 0.6 is 0 Å². The number of aliphatic carboxylic acids is 1. The lowest BCUT2D eigenvalue weighted by molar-refractivity contribution is -0.143. The van der Waals surface area contributed by atoms with Gasteiger partial charge in [-0.25, -0.2) is 9.97 Å². The smallest absolute Gasteiger partial charge is 0.416 e. The summed E-state index contributed by atoms with van der Waals surface area (Å²) >= 11 is 0. The summed E-state index contributed by atoms with van der Waals surface area (Å²) in [6.45, 7) is 10.2. The SMILES string of the molecule is CC(C)(C)c1cc(-c2cccnc2F)c(N(CC(=O)O)C(=O)c2cccc(C(=O)Nc3cc(C(F)(F)F)cc(C(F)(F)F)c3)n2)c(C(C)(C)C)c1. The number of alkyl halides is 6. The van der Waals surface area contributed by atoms with Gasteiger partial charge in [-0.1, -0.05) is 53.7 Å². The first-order valence-electron chi connectivity index (χ1n) is 15.3.